The zero-order valence-electron chi connectivity index (χ0n) is 50.1. The van der Waals surface area contributed by atoms with Crippen LogP contribution >= 0.6 is 0 Å². The Hall–Kier alpha value is -13.0. The number of phenolic OH excluding ortho intramolecular Hbond substituents is 12. The van der Waals surface area contributed by atoms with Crippen molar-refractivity contribution in [1.29, 1.82) is 0 Å². The molecule has 0 bridgehead atoms. The number of ether oxygens (including phenoxy) is 2. The highest BCUT2D eigenvalue weighted by Crippen LogP contribution is 2.61. The second-order valence-electron chi connectivity index (χ2n) is 22.1. The fraction of sp³-hybridized carbons (Fsp3) is 0.0658. The van der Waals surface area contributed by atoms with E-state index in [0.29, 0.717) is 39.3 Å². The maximum absolute atomic E-state index is 14.4. The second kappa shape index (κ2) is 28.0. The molecule has 0 radical (unpaired) electrons. The summed E-state index contributed by atoms with van der Waals surface area (Å²) in [5.74, 6) is -8.35. The molecule has 12 N–H and O–H groups in total. The van der Waals surface area contributed by atoms with Gasteiger partial charge in [0.15, 0.2) is 51.9 Å². The van der Waals surface area contributed by atoms with Gasteiger partial charge in [0.1, 0.15) is 69.0 Å². The third-order valence-electron chi connectivity index (χ3n) is 15.7. The lowest BCUT2D eigenvalue weighted by Crippen LogP contribution is -2.51. The molecule has 0 spiro atoms. The molecule has 19 heteroatoms. The third-order valence-corrected chi connectivity index (χ3v) is 15.7. The van der Waals surface area contributed by atoms with Crippen LogP contribution in [-0.4, -0.2) is 90.2 Å². The Labute approximate surface area is 541 Å². The van der Waals surface area contributed by atoms with Gasteiger partial charge in [0.25, 0.3) is 0 Å². The smallest absolute Gasteiger partial charge is 0.189 e. The van der Waals surface area contributed by atoms with Crippen LogP contribution in [0.15, 0.2) is 218 Å². The molecule has 1 aliphatic rings. The number of carbonyl (C=O) groups is 5. The first-order chi connectivity index (χ1) is 45.5. The molecule has 4 atom stereocenters. The summed E-state index contributed by atoms with van der Waals surface area (Å²) >= 11 is 0. The van der Waals surface area contributed by atoms with Crippen molar-refractivity contribution in [2.45, 2.75) is 18.8 Å². The average Bonchev–Trinajstić information content (AvgIpc) is 0.712. The molecular weight excluding hydrogens is 1220 g/mol. The van der Waals surface area contributed by atoms with E-state index in [-0.39, 0.29) is 103 Å². The molecule has 0 unspecified atom stereocenters. The van der Waals surface area contributed by atoms with Crippen molar-refractivity contribution in [2.75, 3.05) is 0 Å². The van der Waals surface area contributed by atoms with Crippen molar-refractivity contribution < 1.29 is 94.7 Å². The minimum absolute atomic E-state index is 0.0318. The van der Waals surface area contributed by atoms with Crippen molar-refractivity contribution in [3.8, 4) is 92.0 Å². The lowest BCUT2D eigenvalue weighted by molar-refractivity contribution is 0.0452. The number of benzene rings is 10. The molecule has 0 heterocycles. The maximum atomic E-state index is 14.4. The predicted molar refractivity (Wildman–Crippen MR) is 350 cm³/mol. The van der Waals surface area contributed by atoms with Gasteiger partial charge in [-0.1, -0.05) is 72.8 Å². The van der Waals surface area contributed by atoms with E-state index in [2.05, 4.69) is 0 Å². The Bertz CT molecular complexity index is 4700. The Morgan fingerprint density at radius 1 is 0.305 bits per heavy atom. The number of aromatic hydroxyl groups is 12. The van der Waals surface area contributed by atoms with Gasteiger partial charge in [-0.05, 0) is 180 Å². The highest BCUT2D eigenvalue weighted by molar-refractivity contribution is 6.11. The summed E-state index contributed by atoms with van der Waals surface area (Å²) in [6.45, 7) is 1.81. The number of aryl methyl sites for hydroxylation is 1. The molecule has 0 saturated heterocycles. The standard InChI is InChI=1S/C46H36O11.C30H22O8/c1-24-2-15-32(36(51)20-24)35(50)18-5-25-3-13-31(14-4-25)57-40-19-8-27(21-39(40)54)42-41(26-6-9-28(47)10-7-26)43(45(55)33-16-11-29(48)22-37(33)52)44(42)46(56)34-17-12-30(49)23-38(34)53;31-20-6-10-23(27(35)16-20)25(33)12-3-18-1-8-22(9-2-18)38-30-14-5-19(15-29(30)37)4-13-26(34)24-11-7-21(32)17-28(24)36/h2-23,41-44,47-49,51-54H,1H3;1-17,31-32,35-37H/b18-5+;12-3+,13-4+/t41-,42-,43+,44+;/m0./s1. The summed E-state index contributed by atoms with van der Waals surface area (Å²) in [5.41, 5.74) is 3.71. The molecule has 10 aromatic carbocycles. The number of hydrogen-bond acceptors (Lipinski definition) is 19. The van der Waals surface area contributed by atoms with Crippen LogP contribution in [0.4, 0.5) is 0 Å². The van der Waals surface area contributed by atoms with Gasteiger partial charge in [0.05, 0.1) is 27.8 Å². The van der Waals surface area contributed by atoms with Crippen molar-refractivity contribution in [3.63, 3.8) is 0 Å². The number of phenols is 12. The first-order valence-corrected chi connectivity index (χ1v) is 29.1. The Kier molecular flexibility index (Phi) is 19.1. The van der Waals surface area contributed by atoms with Gasteiger partial charge >= 0.3 is 0 Å². The number of rotatable bonds is 19. The molecule has 10 aromatic rings. The van der Waals surface area contributed by atoms with Crippen molar-refractivity contribution >= 4 is 47.1 Å². The topological polar surface area (TPSA) is 347 Å². The second-order valence-corrected chi connectivity index (χ2v) is 22.1. The molecule has 1 aliphatic carbocycles. The first kappa shape index (κ1) is 64.9. The Balaban J connectivity index is 0.000000225. The van der Waals surface area contributed by atoms with E-state index in [1.807, 2.05) is 6.92 Å². The van der Waals surface area contributed by atoms with E-state index in [1.165, 1.54) is 115 Å². The normalized spacial score (nSPS) is 15.0. The molecule has 0 amide bonds. The fourth-order valence-corrected chi connectivity index (χ4v) is 10.9. The summed E-state index contributed by atoms with van der Waals surface area (Å²) in [4.78, 5) is 65.9. The molecule has 476 valence electrons. The molecule has 19 nitrogen and oxygen atoms in total. The van der Waals surface area contributed by atoms with Crippen molar-refractivity contribution in [1.82, 2.24) is 0 Å². The summed E-state index contributed by atoms with van der Waals surface area (Å²) in [7, 11) is 0. The zero-order chi connectivity index (χ0) is 67.8. The van der Waals surface area contributed by atoms with Crippen molar-refractivity contribution in [2.24, 2.45) is 11.8 Å². The van der Waals surface area contributed by atoms with Crippen LogP contribution in [0, 0.1) is 18.8 Å². The van der Waals surface area contributed by atoms with Gasteiger partial charge in [-0.2, -0.15) is 0 Å². The number of Topliss-reactive ketones (excluding diaryl/α,β-unsaturated/α-hetero) is 2. The van der Waals surface area contributed by atoms with Crippen LogP contribution in [0.3, 0.4) is 0 Å². The SMILES string of the molecule is Cc1ccc(C(=O)/C=C/c2ccc(Oc3ccc([C@@H]4[C@@H](C(=O)c5ccc(O)cc5O)[C@H](C(=O)c5ccc(O)cc5O)[C@H]4c4ccc(O)cc4)cc3O)cc2)c(O)c1.O=C(/C=C/c1ccc(Oc2ccc(/C=C/C(=O)c3ccc(O)cc3O)cc2O)cc1)c1ccc(O)cc1O. The number of carbonyl (C=O) groups excluding carboxylic acids is 5. The number of allylic oxidation sites excluding steroid dienone is 3. The molecule has 95 heavy (non-hydrogen) atoms. The Morgan fingerprint density at radius 2 is 0.632 bits per heavy atom. The highest BCUT2D eigenvalue weighted by atomic mass is 16.5. The van der Waals surface area contributed by atoms with Crippen LogP contribution in [0.5, 0.6) is 92.0 Å². The molecule has 0 aromatic heterocycles. The van der Waals surface area contributed by atoms with E-state index in [4.69, 9.17) is 9.47 Å². The summed E-state index contributed by atoms with van der Waals surface area (Å²) in [6, 6.07) is 47.9. The summed E-state index contributed by atoms with van der Waals surface area (Å²) < 4.78 is 11.7. The summed E-state index contributed by atoms with van der Waals surface area (Å²) in [5, 5.41) is 121. The molecule has 1 fully saturated rings. The van der Waals surface area contributed by atoms with Gasteiger partial charge in [-0.15, -0.1) is 0 Å². The van der Waals surface area contributed by atoms with Gasteiger partial charge < -0.3 is 70.8 Å². The van der Waals surface area contributed by atoms with Crippen LogP contribution in [-0.2, 0) is 0 Å². The minimum Gasteiger partial charge on any atom is -0.508 e. The largest absolute Gasteiger partial charge is 0.508 e. The van der Waals surface area contributed by atoms with E-state index >= 15 is 0 Å². The van der Waals surface area contributed by atoms with Gasteiger partial charge in [0.2, 0.25) is 0 Å². The molecular formula is C76H58O19. The van der Waals surface area contributed by atoms with Crippen LogP contribution < -0.4 is 9.47 Å². The minimum atomic E-state index is -1.16. The lowest BCUT2D eigenvalue weighted by Gasteiger charge is -2.51. The number of ketones is 5. The lowest BCUT2D eigenvalue weighted by atomic mass is 9.49. The van der Waals surface area contributed by atoms with Gasteiger partial charge in [-0.25, -0.2) is 0 Å². The average molecular weight is 1280 g/mol. The van der Waals surface area contributed by atoms with E-state index in [9.17, 15) is 85.3 Å². The highest BCUT2D eigenvalue weighted by Gasteiger charge is 2.58. The van der Waals surface area contributed by atoms with Gasteiger partial charge in [0, 0.05) is 47.9 Å². The maximum Gasteiger partial charge on any atom is 0.189 e. The summed E-state index contributed by atoms with van der Waals surface area (Å²) in [6.07, 6.45) is 8.52. The van der Waals surface area contributed by atoms with E-state index < -0.39 is 58.3 Å². The van der Waals surface area contributed by atoms with Gasteiger partial charge in [-0.3, -0.25) is 24.0 Å². The molecule has 11 rings (SSSR count). The van der Waals surface area contributed by atoms with Crippen LogP contribution in [0.2, 0.25) is 0 Å². The molecule has 1 saturated carbocycles. The molecule has 0 aliphatic heterocycles. The van der Waals surface area contributed by atoms with Crippen LogP contribution in [0.25, 0.3) is 18.2 Å². The van der Waals surface area contributed by atoms with Crippen molar-refractivity contribution in [3.05, 3.63) is 280 Å². The Morgan fingerprint density at radius 3 is 1.02 bits per heavy atom. The zero-order valence-corrected chi connectivity index (χ0v) is 50.1. The monoisotopic (exact) mass is 1270 g/mol. The van der Waals surface area contributed by atoms with Crippen LogP contribution in [0.1, 0.15) is 97.0 Å². The first-order valence-electron chi connectivity index (χ1n) is 29.1. The third kappa shape index (κ3) is 15.1. The van der Waals surface area contributed by atoms with E-state index in [1.54, 1.807) is 97.1 Å². The quantitative estimate of drug-likeness (QED) is 0.0264. The van der Waals surface area contributed by atoms with E-state index in [0.717, 1.165) is 29.8 Å². The number of hydrogen-bond donors (Lipinski definition) is 12. The fourth-order valence-electron chi connectivity index (χ4n) is 10.9. The predicted octanol–water partition coefficient (Wildman–Crippen LogP) is 14.3.